The summed E-state index contributed by atoms with van der Waals surface area (Å²) in [4.78, 5) is 10.4. The van der Waals surface area contributed by atoms with Crippen molar-refractivity contribution in [1.29, 1.82) is 0 Å². The first-order valence-corrected chi connectivity index (χ1v) is 3.56. The molecule has 0 aliphatic carbocycles. The fraction of sp³-hybridized carbons (Fsp3) is 0.857. The van der Waals surface area contributed by atoms with Gasteiger partial charge in [0.2, 0.25) is 0 Å². The number of hydrogen-bond acceptors (Lipinski definition) is 1. The Kier molecular flexibility index (Phi) is 5.52. The second kappa shape index (κ2) is 5.76. The zero-order valence-electron chi connectivity index (χ0n) is 6.15. The van der Waals surface area contributed by atoms with Crippen LogP contribution in [0.3, 0.4) is 0 Å². The average molecular weight is 130 g/mol. The van der Waals surface area contributed by atoms with Crippen LogP contribution in [-0.4, -0.2) is 12.3 Å². The van der Waals surface area contributed by atoms with Gasteiger partial charge >= 0.3 is 0 Å². The van der Waals surface area contributed by atoms with Gasteiger partial charge in [-0.1, -0.05) is 0 Å². The van der Waals surface area contributed by atoms with Gasteiger partial charge in [0, 0.05) is 6.42 Å². The standard InChI is InChI=1S/C7H15NO/c1-7(9)5-3-2-4-6-8/h2-6,8H2,1H3/p+1. The molecular weight excluding hydrogens is 114 g/mol. The quantitative estimate of drug-likeness (QED) is 0.537. The molecule has 0 bridgehead atoms. The number of carbonyl (C=O) groups is 1. The lowest BCUT2D eigenvalue weighted by Gasteiger charge is -1.92. The van der Waals surface area contributed by atoms with Crippen molar-refractivity contribution < 1.29 is 10.5 Å². The molecule has 0 aliphatic heterocycles. The topological polar surface area (TPSA) is 44.7 Å². The summed E-state index contributed by atoms with van der Waals surface area (Å²) in [5.41, 5.74) is 3.72. The van der Waals surface area contributed by atoms with E-state index in [9.17, 15) is 4.79 Å². The van der Waals surface area contributed by atoms with Crippen LogP contribution >= 0.6 is 0 Å². The summed E-state index contributed by atoms with van der Waals surface area (Å²) in [5, 5.41) is 0. The fourth-order valence-electron chi connectivity index (χ4n) is 0.727. The van der Waals surface area contributed by atoms with Crippen molar-refractivity contribution in [2.45, 2.75) is 32.6 Å². The van der Waals surface area contributed by atoms with Gasteiger partial charge in [0.05, 0.1) is 6.54 Å². The third kappa shape index (κ3) is 7.63. The first-order chi connectivity index (χ1) is 4.27. The van der Waals surface area contributed by atoms with Crippen molar-refractivity contribution in [2.24, 2.45) is 0 Å². The molecule has 0 aromatic rings. The van der Waals surface area contributed by atoms with Gasteiger partial charge in [-0.2, -0.15) is 0 Å². The normalized spacial score (nSPS) is 9.56. The zero-order valence-corrected chi connectivity index (χ0v) is 6.15. The molecule has 2 heteroatoms. The molecule has 9 heavy (non-hydrogen) atoms. The maximum atomic E-state index is 10.4. The van der Waals surface area contributed by atoms with Crippen molar-refractivity contribution in [1.82, 2.24) is 0 Å². The number of hydrogen-bond donors (Lipinski definition) is 1. The molecular formula is C7H16NO+. The molecule has 0 spiro atoms. The molecule has 0 aromatic carbocycles. The van der Waals surface area contributed by atoms with Crippen molar-refractivity contribution in [3.63, 3.8) is 0 Å². The van der Waals surface area contributed by atoms with Crippen molar-refractivity contribution in [3.05, 3.63) is 0 Å². The van der Waals surface area contributed by atoms with Crippen LogP contribution in [0.5, 0.6) is 0 Å². The lowest BCUT2D eigenvalue weighted by molar-refractivity contribution is -0.368. The van der Waals surface area contributed by atoms with Gasteiger partial charge < -0.3 is 10.5 Å². The first kappa shape index (κ1) is 8.63. The van der Waals surface area contributed by atoms with E-state index in [0.29, 0.717) is 5.78 Å². The molecule has 0 atom stereocenters. The summed E-state index contributed by atoms with van der Waals surface area (Å²) in [6.07, 6.45) is 4.11. The summed E-state index contributed by atoms with van der Waals surface area (Å²) in [7, 11) is 0. The Labute approximate surface area is 56.4 Å². The van der Waals surface area contributed by atoms with Crippen molar-refractivity contribution in [3.8, 4) is 0 Å². The number of Topliss-reactive ketones (excluding diaryl/α,β-unsaturated/α-hetero) is 1. The Morgan fingerprint density at radius 2 is 2.00 bits per heavy atom. The largest absolute Gasteiger partial charge is 0.358 e. The highest BCUT2D eigenvalue weighted by molar-refractivity contribution is 5.75. The summed E-state index contributed by atoms with van der Waals surface area (Å²) in [5.74, 6) is 0.305. The average Bonchev–Trinajstić information content (AvgIpc) is 1.80. The molecule has 0 saturated heterocycles. The molecule has 0 heterocycles. The first-order valence-electron chi connectivity index (χ1n) is 3.56. The minimum atomic E-state index is 0.305. The number of rotatable bonds is 5. The molecule has 0 radical (unpaired) electrons. The molecule has 0 fully saturated rings. The van der Waals surface area contributed by atoms with Crippen LogP contribution in [0.4, 0.5) is 0 Å². The van der Waals surface area contributed by atoms with E-state index in [4.69, 9.17) is 0 Å². The fourth-order valence-corrected chi connectivity index (χ4v) is 0.727. The summed E-state index contributed by atoms with van der Waals surface area (Å²) in [6.45, 7) is 2.64. The molecule has 3 N–H and O–H groups in total. The zero-order chi connectivity index (χ0) is 7.11. The lowest BCUT2D eigenvalue weighted by Crippen LogP contribution is -2.50. The SMILES string of the molecule is CC(=O)CCCCC[NH3+]. The molecule has 0 amide bonds. The minimum absolute atomic E-state index is 0.305. The van der Waals surface area contributed by atoms with Gasteiger partial charge in [0.25, 0.3) is 0 Å². The van der Waals surface area contributed by atoms with Crippen molar-refractivity contribution in [2.75, 3.05) is 6.54 Å². The van der Waals surface area contributed by atoms with Crippen molar-refractivity contribution >= 4 is 5.78 Å². The maximum Gasteiger partial charge on any atom is 0.129 e. The second-order valence-electron chi connectivity index (χ2n) is 2.37. The number of carbonyl (C=O) groups excluding carboxylic acids is 1. The summed E-state index contributed by atoms with van der Waals surface area (Å²) >= 11 is 0. The maximum absolute atomic E-state index is 10.4. The molecule has 0 rings (SSSR count). The molecule has 0 aromatic heterocycles. The Hall–Kier alpha value is -0.370. The third-order valence-corrected chi connectivity index (χ3v) is 1.28. The van der Waals surface area contributed by atoms with Gasteiger partial charge in [-0.15, -0.1) is 0 Å². The van der Waals surface area contributed by atoms with E-state index in [2.05, 4.69) is 5.73 Å². The Balaban J connectivity index is 2.83. The Morgan fingerprint density at radius 1 is 1.33 bits per heavy atom. The number of unbranched alkanes of at least 4 members (excludes halogenated alkanes) is 2. The predicted octanol–water partition coefficient (Wildman–Crippen LogP) is 0.378. The van der Waals surface area contributed by atoms with E-state index in [1.165, 1.54) is 0 Å². The van der Waals surface area contributed by atoms with Gasteiger partial charge in [0.1, 0.15) is 5.78 Å². The van der Waals surface area contributed by atoms with E-state index in [0.717, 1.165) is 32.2 Å². The predicted molar refractivity (Wildman–Crippen MR) is 36.9 cm³/mol. The highest BCUT2D eigenvalue weighted by Gasteiger charge is 1.92. The van der Waals surface area contributed by atoms with E-state index in [-0.39, 0.29) is 0 Å². The van der Waals surface area contributed by atoms with Crippen LogP contribution in [0.1, 0.15) is 32.6 Å². The Morgan fingerprint density at radius 3 is 2.44 bits per heavy atom. The van der Waals surface area contributed by atoms with E-state index in [1.54, 1.807) is 6.92 Å². The highest BCUT2D eigenvalue weighted by atomic mass is 16.1. The van der Waals surface area contributed by atoms with Crippen LogP contribution in [0.25, 0.3) is 0 Å². The summed E-state index contributed by atoms with van der Waals surface area (Å²) < 4.78 is 0. The Bertz CT molecular complexity index is 81.0. The number of ketones is 1. The highest BCUT2D eigenvalue weighted by Crippen LogP contribution is 1.97. The molecule has 0 saturated carbocycles. The smallest absolute Gasteiger partial charge is 0.129 e. The molecule has 2 nitrogen and oxygen atoms in total. The van der Waals surface area contributed by atoms with Crippen LogP contribution in [0, 0.1) is 0 Å². The third-order valence-electron chi connectivity index (χ3n) is 1.28. The van der Waals surface area contributed by atoms with Crippen LogP contribution < -0.4 is 5.73 Å². The minimum Gasteiger partial charge on any atom is -0.358 e. The lowest BCUT2D eigenvalue weighted by atomic mass is 10.1. The second-order valence-corrected chi connectivity index (χ2v) is 2.37. The van der Waals surface area contributed by atoms with Gasteiger partial charge in [0.15, 0.2) is 0 Å². The monoisotopic (exact) mass is 130 g/mol. The van der Waals surface area contributed by atoms with Crippen LogP contribution in [0.15, 0.2) is 0 Å². The van der Waals surface area contributed by atoms with E-state index in [1.807, 2.05) is 0 Å². The molecule has 0 unspecified atom stereocenters. The van der Waals surface area contributed by atoms with Gasteiger partial charge in [-0.3, -0.25) is 0 Å². The van der Waals surface area contributed by atoms with E-state index >= 15 is 0 Å². The van der Waals surface area contributed by atoms with Crippen LogP contribution in [0.2, 0.25) is 0 Å². The summed E-state index contributed by atoms with van der Waals surface area (Å²) in [6, 6.07) is 0. The molecule has 0 aliphatic rings. The molecule has 54 valence electrons. The number of quaternary nitrogens is 1. The van der Waals surface area contributed by atoms with Gasteiger partial charge in [-0.05, 0) is 26.2 Å². The van der Waals surface area contributed by atoms with Crippen LogP contribution in [-0.2, 0) is 4.79 Å². The van der Waals surface area contributed by atoms with E-state index < -0.39 is 0 Å². The van der Waals surface area contributed by atoms with Gasteiger partial charge in [-0.25, -0.2) is 0 Å².